The summed E-state index contributed by atoms with van der Waals surface area (Å²) in [6.45, 7) is 0.401. The third-order valence-corrected chi connectivity index (χ3v) is 5.82. The van der Waals surface area contributed by atoms with Gasteiger partial charge in [-0.05, 0) is 17.1 Å². The topological polar surface area (TPSA) is 80.4 Å². The Morgan fingerprint density at radius 2 is 1.70 bits per heavy atom. The number of carbonyl (C=O) groups excluding carboxylic acids is 1. The molecule has 4 aromatic rings. The fraction of sp³-hybridized carbons (Fsp3) is 0.136. The Balaban J connectivity index is 1.40. The van der Waals surface area contributed by atoms with Crippen molar-refractivity contribution in [2.45, 2.75) is 13.0 Å². The monoisotopic (exact) mass is 415 g/mol. The minimum atomic E-state index is -0.264. The second kappa shape index (κ2) is 7.64. The predicted molar refractivity (Wildman–Crippen MR) is 116 cm³/mol. The summed E-state index contributed by atoms with van der Waals surface area (Å²) in [6.07, 6.45) is 2.11. The average molecular weight is 415 g/mol. The van der Waals surface area contributed by atoms with Gasteiger partial charge in [0, 0.05) is 12.0 Å². The van der Waals surface area contributed by atoms with Crippen LogP contribution in [0.15, 0.2) is 76.9 Å². The summed E-state index contributed by atoms with van der Waals surface area (Å²) >= 11 is 1.11. The maximum atomic E-state index is 12.9. The minimum absolute atomic E-state index is 0.105. The van der Waals surface area contributed by atoms with Crippen molar-refractivity contribution in [2.75, 3.05) is 6.54 Å². The summed E-state index contributed by atoms with van der Waals surface area (Å²) < 4.78 is 6.19. The largest absolute Gasteiger partial charge is 0.288 e. The fourth-order valence-electron chi connectivity index (χ4n) is 3.45. The molecule has 1 aliphatic heterocycles. The van der Waals surface area contributed by atoms with Crippen LogP contribution in [0.2, 0.25) is 0 Å². The summed E-state index contributed by atoms with van der Waals surface area (Å²) in [5, 5.41) is 5.88. The van der Waals surface area contributed by atoms with Crippen LogP contribution >= 0.6 is 11.5 Å². The van der Waals surface area contributed by atoms with E-state index in [-0.39, 0.29) is 18.0 Å². The molecule has 0 N–H and O–H groups in total. The molecule has 148 valence electrons. The van der Waals surface area contributed by atoms with E-state index in [1.807, 2.05) is 60.7 Å². The number of benzene rings is 2. The lowest BCUT2D eigenvalue weighted by Crippen LogP contribution is -2.32. The zero-order valence-electron chi connectivity index (χ0n) is 15.9. The van der Waals surface area contributed by atoms with Crippen LogP contribution in [0.3, 0.4) is 0 Å². The predicted octanol–water partition coefficient (Wildman–Crippen LogP) is 3.16. The van der Waals surface area contributed by atoms with Gasteiger partial charge in [0.15, 0.2) is 0 Å². The Hall–Kier alpha value is -3.65. The van der Waals surface area contributed by atoms with E-state index in [0.29, 0.717) is 28.9 Å². The standard InChI is InChI=1S/C22H17N5O2S/c28-18(27-12-11-17(24-27)15-7-3-1-4-8-15)13-26-14-23-20-19(16-9-5-2-6-10-16)25-30-21(20)22(26)29/h1-10,14H,11-13H2. The number of rotatable bonds is 4. The van der Waals surface area contributed by atoms with Gasteiger partial charge in [0.1, 0.15) is 22.5 Å². The van der Waals surface area contributed by atoms with Crippen LogP contribution in [-0.4, -0.2) is 37.1 Å². The first-order chi connectivity index (χ1) is 14.7. The van der Waals surface area contributed by atoms with E-state index >= 15 is 0 Å². The molecule has 0 saturated carbocycles. The molecule has 0 saturated heterocycles. The van der Waals surface area contributed by atoms with E-state index in [2.05, 4.69) is 14.5 Å². The number of amides is 1. The number of nitrogens with zero attached hydrogens (tertiary/aromatic N) is 5. The summed E-state index contributed by atoms with van der Waals surface area (Å²) in [7, 11) is 0. The SMILES string of the molecule is O=C(Cn1cnc2c(-c3ccccc3)nsc2c1=O)N1CCC(c2ccccc2)=N1. The van der Waals surface area contributed by atoms with Crippen LogP contribution in [0.5, 0.6) is 0 Å². The smallest absolute Gasteiger partial charge is 0.273 e. The average Bonchev–Trinajstić information content (AvgIpc) is 3.45. The maximum absolute atomic E-state index is 12.9. The highest BCUT2D eigenvalue weighted by atomic mass is 32.1. The van der Waals surface area contributed by atoms with E-state index in [0.717, 1.165) is 28.4 Å². The number of hydrogen-bond acceptors (Lipinski definition) is 6. The molecule has 2 aromatic heterocycles. The minimum Gasteiger partial charge on any atom is -0.288 e. The summed E-state index contributed by atoms with van der Waals surface area (Å²) in [5.74, 6) is -0.239. The number of aromatic nitrogens is 3. The lowest BCUT2D eigenvalue weighted by atomic mass is 10.1. The highest BCUT2D eigenvalue weighted by Gasteiger charge is 2.23. The maximum Gasteiger partial charge on any atom is 0.273 e. The van der Waals surface area contributed by atoms with E-state index in [1.54, 1.807) is 0 Å². The van der Waals surface area contributed by atoms with Crippen LogP contribution in [0.1, 0.15) is 12.0 Å². The van der Waals surface area contributed by atoms with E-state index in [4.69, 9.17) is 0 Å². The van der Waals surface area contributed by atoms with Gasteiger partial charge < -0.3 is 0 Å². The van der Waals surface area contributed by atoms with E-state index < -0.39 is 0 Å². The van der Waals surface area contributed by atoms with Crippen molar-refractivity contribution in [3.8, 4) is 11.3 Å². The van der Waals surface area contributed by atoms with Crippen LogP contribution in [0.4, 0.5) is 0 Å². The van der Waals surface area contributed by atoms with Gasteiger partial charge in [0.05, 0.1) is 18.6 Å². The Bertz CT molecular complexity index is 1310. The quantitative estimate of drug-likeness (QED) is 0.513. The van der Waals surface area contributed by atoms with Crippen LogP contribution < -0.4 is 5.56 Å². The van der Waals surface area contributed by atoms with Crippen molar-refractivity contribution in [3.63, 3.8) is 0 Å². The Labute approximate surface area is 176 Å². The molecular formula is C22H17N5O2S. The Morgan fingerprint density at radius 3 is 2.43 bits per heavy atom. The Morgan fingerprint density at radius 1 is 1.00 bits per heavy atom. The lowest BCUT2D eigenvalue weighted by molar-refractivity contribution is -0.131. The molecule has 30 heavy (non-hydrogen) atoms. The van der Waals surface area contributed by atoms with Gasteiger partial charge in [0.25, 0.3) is 11.5 Å². The first-order valence-corrected chi connectivity index (χ1v) is 10.3. The molecule has 2 aromatic carbocycles. The summed E-state index contributed by atoms with van der Waals surface area (Å²) in [6, 6.07) is 19.4. The molecule has 1 aliphatic rings. The third kappa shape index (κ3) is 3.31. The zero-order chi connectivity index (χ0) is 20.5. The molecule has 0 aliphatic carbocycles. The summed E-state index contributed by atoms with van der Waals surface area (Å²) in [4.78, 5) is 30.0. The van der Waals surface area contributed by atoms with Crippen molar-refractivity contribution in [2.24, 2.45) is 5.10 Å². The molecule has 0 spiro atoms. The molecule has 7 nitrogen and oxygen atoms in total. The van der Waals surface area contributed by atoms with Crippen LogP contribution in [0.25, 0.3) is 21.5 Å². The van der Waals surface area contributed by atoms with Crippen LogP contribution in [-0.2, 0) is 11.3 Å². The second-order valence-corrected chi connectivity index (χ2v) is 7.71. The number of hydrogen-bond donors (Lipinski definition) is 0. The second-order valence-electron chi connectivity index (χ2n) is 6.93. The van der Waals surface area contributed by atoms with Crippen LogP contribution in [0, 0.1) is 0 Å². The fourth-order valence-corrected chi connectivity index (χ4v) is 4.26. The molecule has 3 heterocycles. The number of carbonyl (C=O) groups is 1. The molecule has 1 amide bonds. The van der Waals surface area contributed by atoms with Gasteiger partial charge >= 0.3 is 0 Å². The van der Waals surface area contributed by atoms with Gasteiger partial charge in [-0.2, -0.15) is 9.47 Å². The summed E-state index contributed by atoms with van der Waals surface area (Å²) in [5.41, 5.74) is 3.77. The van der Waals surface area contributed by atoms with Gasteiger partial charge in [0.2, 0.25) is 0 Å². The molecule has 0 radical (unpaired) electrons. The van der Waals surface area contributed by atoms with Gasteiger partial charge in [-0.1, -0.05) is 60.7 Å². The van der Waals surface area contributed by atoms with Crippen molar-refractivity contribution in [3.05, 3.63) is 82.9 Å². The van der Waals surface area contributed by atoms with Crippen molar-refractivity contribution in [1.82, 2.24) is 18.9 Å². The lowest BCUT2D eigenvalue weighted by Gasteiger charge is -2.12. The van der Waals surface area contributed by atoms with E-state index in [9.17, 15) is 9.59 Å². The molecule has 8 heteroatoms. The van der Waals surface area contributed by atoms with Gasteiger partial charge in [-0.3, -0.25) is 14.2 Å². The van der Waals surface area contributed by atoms with E-state index in [1.165, 1.54) is 15.9 Å². The number of hydrazone groups is 1. The van der Waals surface area contributed by atoms with Gasteiger partial charge in [-0.15, -0.1) is 0 Å². The van der Waals surface area contributed by atoms with Crippen molar-refractivity contribution < 1.29 is 4.79 Å². The molecule has 0 atom stereocenters. The zero-order valence-corrected chi connectivity index (χ0v) is 16.7. The molecule has 0 fully saturated rings. The number of fused-ring (bicyclic) bond motifs is 1. The Kier molecular flexibility index (Phi) is 4.68. The third-order valence-electron chi connectivity index (χ3n) is 5.00. The normalized spacial score (nSPS) is 13.6. The first-order valence-electron chi connectivity index (χ1n) is 9.54. The van der Waals surface area contributed by atoms with Crippen molar-refractivity contribution >= 4 is 33.4 Å². The van der Waals surface area contributed by atoms with Crippen molar-refractivity contribution in [1.29, 1.82) is 0 Å². The molecule has 5 rings (SSSR count). The highest BCUT2D eigenvalue weighted by molar-refractivity contribution is 7.13. The highest BCUT2D eigenvalue weighted by Crippen LogP contribution is 2.26. The first kappa shape index (κ1) is 18.4. The molecule has 0 unspecified atom stereocenters. The molecular weight excluding hydrogens is 398 g/mol. The van der Waals surface area contributed by atoms with Gasteiger partial charge in [-0.25, -0.2) is 9.99 Å². The molecule has 0 bridgehead atoms.